The fourth-order valence-electron chi connectivity index (χ4n) is 4.17. The standard InChI is InChI=1S/C18H26NO3.BrH/c1-19(2)14-8-9-15(19)11-16(10-14)22-18(21)17(12-20)13-6-4-3-5-7-13;/h3-7,14-17,20H,8-12H2,1-2H3;1H/q+1;/t14-,15+,16?,17?;. The van der Waals surface area contributed by atoms with E-state index in [0.717, 1.165) is 22.9 Å². The fraction of sp³-hybridized carbons (Fsp3) is 0.611. The molecule has 4 atom stereocenters. The van der Waals surface area contributed by atoms with Crippen LogP contribution in [0.25, 0.3) is 0 Å². The van der Waals surface area contributed by atoms with Crippen LogP contribution in [0, 0.1) is 0 Å². The number of hydrogen-bond acceptors (Lipinski definition) is 3. The van der Waals surface area contributed by atoms with E-state index in [0.29, 0.717) is 12.1 Å². The number of carbonyl (C=O) groups is 1. The fourth-order valence-corrected chi connectivity index (χ4v) is 4.17. The summed E-state index contributed by atoms with van der Waals surface area (Å²) in [5.74, 6) is -0.853. The molecule has 2 aliphatic heterocycles. The minimum absolute atomic E-state index is 0. The Bertz CT molecular complexity index is 518. The first-order chi connectivity index (χ1) is 10.5. The summed E-state index contributed by atoms with van der Waals surface area (Å²) in [5.41, 5.74) is 0.824. The van der Waals surface area contributed by atoms with Crippen molar-refractivity contribution in [3.63, 3.8) is 0 Å². The molecule has 0 aromatic heterocycles. The van der Waals surface area contributed by atoms with Gasteiger partial charge in [-0.25, -0.2) is 0 Å². The molecule has 128 valence electrons. The molecule has 1 aromatic rings. The maximum atomic E-state index is 12.5. The molecule has 2 bridgehead atoms. The maximum Gasteiger partial charge on any atom is 0.316 e. The Morgan fingerprint density at radius 2 is 1.78 bits per heavy atom. The second kappa shape index (κ2) is 7.32. The Kier molecular flexibility index (Phi) is 5.87. The molecule has 2 heterocycles. The number of piperidine rings is 1. The Balaban J connectivity index is 0.00000192. The minimum atomic E-state index is -0.566. The van der Waals surface area contributed by atoms with Crippen molar-refractivity contribution in [1.29, 1.82) is 0 Å². The van der Waals surface area contributed by atoms with Gasteiger partial charge in [-0.15, -0.1) is 17.0 Å². The Labute approximate surface area is 148 Å². The van der Waals surface area contributed by atoms with E-state index >= 15 is 0 Å². The third-order valence-electron chi connectivity index (χ3n) is 5.74. The molecule has 3 rings (SSSR count). The van der Waals surface area contributed by atoms with Gasteiger partial charge in [0.15, 0.2) is 0 Å². The normalized spacial score (nSPS) is 29.4. The van der Waals surface area contributed by atoms with Crippen LogP contribution in [0.15, 0.2) is 30.3 Å². The summed E-state index contributed by atoms with van der Waals surface area (Å²) in [4.78, 5) is 12.5. The van der Waals surface area contributed by atoms with Gasteiger partial charge in [-0.05, 0) is 5.56 Å². The lowest BCUT2D eigenvalue weighted by atomic mass is 9.96. The predicted molar refractivity (Wildman–Crippen MR) is 94.6 cm³/mol. The van der Waals surface area contributed by atoms with Gasteiger partial charge in [-0.1, -0.05) is 30.3 Å². The molecular weight excluding hydrogens is 358 g/mol. The Morgan fingerprint density at radius 1 is 1.22 bits per heavy atom. The first-order valence-electron chi connectivity index (χ1n) is 8.22. The van der Waals surface area contributed by atoms with Gasteiger partial charge in [0.05, 0.1) is 32.8 Å². The van der Waals surface area contributed by atoms with Crippen molar-refractivity contribution in [1.82, 2.24) is 0 Å². The van der Waals surface area contributed by atoms with Crippen molar-refractivity contribution < 1.29 is 19.1 Å². The lowest BCUT2D eigenvalue weighted by Gasteiger charge is -2.44. The number of aliphatic hydroxyl groups excluding tert-OH is 1. The first kappa shape index (κ1) is 18.4. The van der Waals surface area contributed by atoms with Crippen molar-refractivity contribution in [2.24, 2.45) is 0 Å². The third kappa shape index (κ3) is 3.62. The van der Waals surface area contributed by atoms with Crippen molar-refractivity contribution >= 4 is 23.0 Å². The maximum absolute atomic E-state index is 12.5. The number of fused-ring (bicyclic) bond motifs is 2. The highest BCUT2D eigenvalue weighted by Gasteiger charge is 2.50. The molecule has 2 unspecified atom stereocenters. The van der Waals surface area contributed by atoms with Crippen molar-refractivity contribution in [2.45, 2.75) is 49.8 Å². The Morgan fingerprint density at radius 3 is 2.30 bits per heavy atom. The van der Waals surface area contributed by atoms with E-state index in [1.54, 1.807) is 0 Å². The molecule has 2 saturated heterocycles. The summed E-state index contributed by atoms with van der Waals surface area (Å²) in [6, 6.07) is 10.6. The summed E-state index contributed by atoms with van der Waals surface area (Å²) >= 11 is 0. The van der Waals surface area contributed by atoms with E-state index in [4.69, 9.17) is 4.74 Å². The molecule has 0 spiro atoms. The number of ether oxygens (including phenoxy) is 1. The lowest BCUT2D eigenvalue weighted by molar-refractivity contribution is -0.931. The average Bonchev–Trinajstić information content (AvgIpc) is 2.68. The number of benzene rings is 1. The van der Waals surface area contributed by atoms with Crippen LogP contribution in [-0.4, -0.2) is 54.4 Å². The first-order valence-corrected chi connectivity index (χ1v) is 8.22. The quantitative estimate of drug-likeness (QED) is 0.640. The minimum Gasteiger partial charge on any atom is -0.461 e. The molecule has 0 aliphatic carbocycles. The third-order valence-corrected chi connectivity index (χ3v) is 5.74. The molecule has 23 heavy (non-hydrogen) atoms. The van der Waals surface area contributed by atoms with Crippen LogP contribution >= 0.6 is 17.0 Å². The van der Waals surface area contributed by atoms with E-state index in [1.165, 1.54) is 12.8 Å². The number of aliphatic hydroxyl groups is 1. The zero-order valence-corrected chi connectivity index (χ0v) is 15.6. The monoisotopic (exact) mass is 384 g/mol. The molecular formula is C18H27BrNO3+. The average molecular weight is 385 g/mol. The van der Waals surface area contributed by atoms with Crippen LogP contribution in [0.4, 0.5) is 0 Å². The van der Waals surface area contributed by atoms with Crippen LogP contribution in [0.2, 0.25) is 0 Å². The molecule has 5 heteroatoms. The van der Waals surface area contributed by atoms with Gasteiger partial charge in [-0.3, -0.25) is 4.79 Å². The molecule has 1 aromatic carbocycles. The van der Waals surface area contributed by atoms with Gasteiger partial charge >= 0.3 is 5.97 Å². The smallest absolute Gasteiger partial charge is 0.316 e. The zero-order valence-electron chi connectivity index (χ0n) is 13.9. The highest BCUT2D eigenvalue weighted by molar-refractivity contribution is 8.93. The molecule has 2 fully saturated rings. The Hall–Kier alpha value is -0.910. The lowest BCUT2D eigenvalue weighted by Crippen LogP contribution is -2.56. The molecule has 0 saturated carbocycles. The van der Waals surface area contributed by atoms with Gasteiger partial charge in [0, 0.05) is 25.7 Å². The van der Waals surface area contributed by atoms with Crippen molar-refractivity contribution in [2.75, 3.05) is 20.7 Å². The number of carbonyl (C=O) groups excluding carboxylic acids is 1. The van der Waals surface area contributed by atoms with Crippen LogP contribution in [-0.2, 0) is 9.53 Å². The van der Waals surface area contributed by atoms with Crippen molar-refractivity contribution in [3.8, 4) is 0 Å². The molecule has 4 nitrogen and oxygen atoms in total. The van der Waals surface area contributed by atoms with Crippen LogP contribution in [0.1, 0.15) is 37.2 Å². The summed E-state index contributed by atoms with van der Waals surface area (Å²) in [7, 11) is 4.59. The van der Waals surface area contributed by atoms with E-state index < -0.39 is 5.92 Å². The summed E-state index contributed by atoms with van der Waals surface area (Å²) in [6.45, 7) is -0.204. The van der Waals surface area contributed by atoms with Gasteiger partial charge < -0.3 is 14.3 Å². The molecule has 0 amide bonds. The van der Waals surface area contributed by atoms with E-state index in [9.17, 15) is 9.90 Å². The van der Waals surface area contributed by atoms with Crippen LogP contribution < -0.4 is 0 Å². The number of rotatable bonds is 4. The molecule has 2 aliphatic rings. The van der Waals surface area contributed by atoms with Gasteiger partial charge in [-0.2, -0.15) is 0 Å². The van der Waals surface area contributed by atoms with E-state index in [1.807, 2.05) is 30.3 Å². The summed E-state index contributed by atoms with van der Waals surface area (Å²) in [6.07, 6.45) is 4.36. The van der Waals surface area contributed by atoms with Gasteiger partial charge in [0.2, 0.25) is 0 Å². The zero-order chi connectivity index (χ0) is 15.7. The summed E-state index contributed by atoms with van der Waals surface area (Å²) in [5, 5.41) is 9.57. The van der Waals surface area contributed by atoms with Crippen LogP contribution in [0.5, 0.6) is 0 Å². The molecule has 0 radical (unpaired) electrons. The second-order valence-corrected chi connectivity index (χ2v) is 7.19. The van der Waals surface area contributed by atoms with E-state index in [-0.39, 0.29) is 35.7 Å². The van der Waals surface area contributed by atoms with Crippen molar-refractivity contribution in [3.05, 3.63) is 35.9 Å². The van der Waals surface area contributed by atoms with E-state index in [2.05, 4.69) is 14.1 Å². The van der Waals surface area contributed by atoms with Crippen LogP contribution in [0.3, 0.4) is 0 Å². The van der Waals surface area contributed by atoms with Gasteiger partial charge in [0.25, 0.3) is 0 Å². The highest BCUT2D eigenvalue weighted by Crippen LogP contribution is 2.40. The predicted octanol–water partition coefficient (Wildman–Crippen LogP) is 2.65. The number of halogens is 1. The number of nitrogens with zero attached hydrogens (tertiary/aromatic N) is 1. The topological polar surface area (TPSA) is 46.5 Å². The summed E-state index contributed by atoms with van der Waals surface area (Å²) < 4.78 is 6.83. The number of esters is 1. The SMILES string of the molecule is Br.C[N+]1(C)[C@@H]2CC[C@H]1CC(OC(=O)C(CO)c1ccccc1)C2. The second-order valence-electron chi connectivity index (χ2n) is 7.19. The van der Waals surface area contributed by atoms with Gasteiger partial charge in [0.1, 0.15) is 12.0 Å². The largest absolute Gasteiger partial charge is 0.461 e. The molecule has 1 N–H and O–H groups in total. The number of quaternary nitrogens is 1. The number of hydrogen-bond donors (Lipinski definition) is 1. The highest BCUT2D eigenvalue weighted by atomic mass is 79.9.